The molecule has 14 heavy (non-hydrogen) atoms. The topological polar surface area (TPSA) is 56.0 Å². The van der Waals surface area contributed by atoms with E-state index in [1.165, 1.54) is 13.0 Å². The molecule has 0 aliphatic carbocycles. The van der Waals surface area contributed by atoms with Gasteiger partial charge in [0.05, 0.1) is 5.69 Å². The van der Waals surface area contributed by atoms with Crippen LogP contribution in [-0.2, 0) is 6.54 Å². The molecule has 0 saturated carbocycles. The number of hydrogen-bond acceptors (Lipinski definition) is 3. The lowest BCUT2D eigenvalue weighted by Gasteiger charge is -2.08. The van der Waals surface area contributed by atoms with E-state index in [4.69, 9.17) is 5.73 Å². The first-order valence-corrected chi connectivity index (χ1v) is 4.04. The predicted molar refractivity (Wildman–Crippen MR) is 47.2 cm³/mol. The molecule has 0 saturated heterocycles. The lowest BCUT2D eigenvalue weighted by Crippen LogP contribution is -2.06. The van der Waals surface area contributed by atoms with Gasteiger partial charge >= 0.3 is 0 Å². The van der Waals surface area contributed by atoms with Crippen molar-refractivity contribution in [2.45, 2.75) is 19.9 Å². The average Bonchev–Trinajstić information content (AvgIpc) is 2.17. The number of halogens is 2. The zero-order valence-electron chi connectivity index (χ0n) is 7.63. The lowest BCUT2D eigenvalue weighted by atomic mass is 10.1. The van der Waals surface area contributed by atoms with Crippen molar-refractivity contribution in [3.8, 4) is 0 Å². The third kappa shape index (κ3) is 1.93. The van der Waals surface area contributed by atoms with Crippen LogP contribution in [0, 0.1) is 6.92 Å². The molecule has 3 nitrogen and oxygen atoms in total. The van der Waals surface area contributed by atoms with E-state index in [1.54, 1.807) is 0 Å². The van der Waals surface area contributed by atoms with Gasteiger partial charge in [-0.2, -0.15) is 0 Å². The molecule has 0 radical (unpaired) electrons. The van der Waals surface area contributed by atoms with Gasteiger partial charge in [-0.05, 0) is 18.6 Å². The molecule has 5 heteroatoms. The molecule has 0 bridgehead atoms. The van der Waals surface area contributed by atoms with Crippen LogP contribution < -0.4 is 5.73 Å². The van der Waals surface area contributed by atoms with Crippen molar-refractivity contribution < 1.29 is 13.6 Å². The molecule has 0 aromatic carbocycles. The van der Waals surface area contributed by atoms with Crippen LogP contribution in [-0.4, -0.2) is 11.3 Å². The van der Waals surface area contributed by atoms with Crippen molar-refractivity contribution in [3.05, 3.63) is 28.6 Å². The van der Waals surface area contributed by atoms with E-state index in [2.05, 4.69) is 4.98 Å². The minimum absolute atomic E-state index is 0.0308. The largest absolute Gasteiger partial charge is 0.325 e. The maximum atomic E-state index is 12.5. The number of pyridine rings is 1. The van der Waals surface area contributed by atoms with Gasteiger partial charge in [-0.25, -0.2) is 13.8 Å². The standard InChI is InChI=1S/C9H10F2N2O/c1-5-7(9(10)11)2-6(3-12)13-8(5)4-14/h2,4,9H,3,12H2,1H3. The second kappa shape index (κ2) is 4.23. The van der Waals surface area contributed by atoms with Crippen molar-refractivity contribution >= 4 is 6.29 Å². The fourth-order valence-corrected chi connectivity index (χ4v) is 1.15. The van der Waals surface area contributed by atoms with Crippen LogP contribution >= 0.6 is 0 Å². The molecule has 1 rings (SSSR count). The number of aromatic nitrogens is 1. The van der Waals surface area contributed by atoms with Crippen molar-refractivity contribution in [2.75, 3.05) is 0 Å². The maximum Gasteiger partial charge on any atom is 0.264 e. The zero-order valence-corrected chi connectivity index (χ0v) is 7.63. The lowest BCUT2D eigenvalue weighted by molar-refractivity contribution is 0.111. The summed E-state index contributed by atoms with van der Waals surface area (Å²) >= 11 is 0. The van der Waals surface area contributed by atoms with Crippen LogP contribution in [0.25, 0.3) is 0 Å². The van der Waals surface area contributed by atoms with Crippen molar-refractivity contribution in [1.82, 2.24) is 4.98 Å². The van der Waals surface area contributed by atoms with Crippen LogP contribution in [0.2, 0.25) is 0 Å². The first-order valence-electron chi connectivity index (χ1n) is 4.04. The third-order valence-electron chi connectivity index (χ3n) is 1.96. The molecule has 0 atom stereocenters. The number of aldehydes is 1. The molecule has 0 aliphatic heterocycles. The molecule has 76 valence electrons. The van der Waals surface area contributed by atoms with Gasteiger partial charge in [0.2, 0.25) is 0 Å². The van der Waals surface area contributed by atoms with Gasteiger partial charge in [0.25, 0.3) is 6.43 Å². The molecule has 1 aromatic heterocycles. The monoisotopic (exact) mass is 200 g/mol. The smallest absolute Gasteiger partial charge is 0.264 e. The van der Waals surface area contributed by atoms with Crippen LogP contribution in [0.5, 0.6) is 0 Å². The van der Waals surface area contributed by atoms with E-state index in [-0.39, 0.29) is 23.4 Å². The highest BCUT2D eigenvalue weighted by atomic mass is 19.3. The number of rotatable bonds is 3. The van der Waals surface area contributed by atoms with E-state index in [9.17, 15) is 13.6 Å². The normalized spacial score (nSPS) is 10.6. The van der Waals surface area contributed by atoms with Gasteiger partial charge in [0.15, 0.2) is 6.29 Å². The quantitative estimate of drug-likeness (QED) is 0.754. The highest BCUT2D eigenvalue weighted by Gasteiger charge is 2.15. The Bertz CT molecular complexity index is 353. The summed E-state index contributed by atoms with van der Waals surface area (Å²) in [6.45, 7) is 1.49. The first kappa shape index (κ1) is 10.7. The van der Waals surface area contributed by atoms with Crippen LogP contribution in [0.1, 0.15) is 33.7 Å². The van der Waals surface area contributed by atoms with Crippen molar-refractivity contribution in [2.24, 2.45) is 5.73 Å². The Morgan fingerprint density at radius 2 is 2.29 bits per heavy atom. The second-order valence-corrected chi connectivity index (χ2v) is 2.84. The van der Waals surface area contributed by atoms with E-state index >= 15 is 0 Å². The van der Waals surface area contributed by atoms with Gasteiger partial charge in [-0.15, -0.1) is 0 Å². The number of carbonyl (C=O) groups is 1. The summed E-state index contributed by atoms with van der Waals surface area (Å²) < 4.78 is 25.0. The molecular weight excluding hydrogens is 190 g/mol. The van der Waals surface area contributed by atoms with Gasteiger partial charge < -0.3 is 5.73 Å². The molecule has 0 fully saturated rings. The fourth-order valence-electron chi connectivity index (χ4n) is 1.15. The Labute approximate surface area is 79.9 Å². The highest BCUT2D eigenvalue weighted by Crippen LogP contribution is 2.24. The molecule has 0 unspecified atom stereocenters. The van der Waals surface area contributed by atoms with Gasteiger partial charge in [-0.3, -0.25) is 4.79 Å². The van der Waals surface area contributed by atoms with Crippen molar-refractivity contribution in [1.29, 1.82) is 0 Å². The van der Waals surface area contributed by atoms with E-state index in [1.807, 2.05) is 0 Å². The van der Waals surface area contributed by atoms with Crippen LogP contribution in [0.15, 0.2) is 6.07 Å². The summed E-state index contributed by atoms with van der Waals surface area (Å²) in [4.78, 5) is 14.3. The molecule has 0 aliphatic rings. The Hall–Kier alpha value is -1.36. The summed E-state index contributed by atoms with van der Waals surface area (Å²) in [5.41, 5.74) is 5.64. The second-order valence-electron chi connectivity index (χ2n) is 2.84. The molecule has 1 aromatic rings. The SMILES string of the molecule is Cc1c(C(F)F)cc(CN)nc1C=O. The predicted octanol–water partition coefficient (Wildman–Crippen LogP) is 1.60. The molecule has 0 amide bonds. The summed E-state index contributed by atoms with van der Waals surface area (Å²) in [7, 11) is 0. The summed E-state index contributed by atoms with van der Waals surface area (Å²) in [6, 6.07) is 1.23. The minimum Gasteiger partial charge on any atom is -0.325 e. The summed E-state index contributed by atoms with van der Waals surface area (Å²) in [6.07, 6.45) is -2.15. The fraction of sp³-hybridized carbons (Fsp3) is 0.333. The van der Waals surface area contributed by atoms with E-state index in [0.29, 0.717) is 12.0 Å². The Morgan fingerprint density at radius 3 is 2.71 bits per heavy atom. The molecule has 2 N–H and O–H groups in total. The van der Waals surface area contributed by atoms with E-state index in [0.717, 1.165) is 0 Å². The first-order chi connectivity index (χ1) is 6.60. The Kier molecular flexibility index (Phi) is 3.24. The van der Waals surface area contributed by atoms with Gasteiger partial charge in [-0.1, -0.05) is 0 Å². The Morgan fingerprint density at radius 1 is 1.64 bits per heavy atom. The number of nitrogens with two attached hydrogens (primary N) is 1. The van der Waals surface area contributed by atoms with Crippen LogP contribution in [0.4, 0.5) is 8.78 Å². The number of hydrogen-bond donors (Lipinski definition) is 1. The zero-order chi connectivity index (χ0) is 10.7. The van der Waals surface area contributed by atoms with Crippen LogP contribution in [0.3, 0.4) is 0 Å². The third-order valence-corrected chi connectivity index (χ3v) is 1.96. The average molecular weight is 200 g/mol. The van der Waals surface area contributed by atoms with Crippen molar-refractivity contribution in [3.63, 3.8) is 0 Å². The minimum atomic E-state index is -2.61. The van der Waals surface area contributed by atoms with E-state index < -0.39 is 6.43 Å². The highest BCUT2D eigenvalue weighted by molar-refractivity contribution is 5.75. The van der Waals surface area contributed by atoms with Gasteiger partial charge in [0, 0.05) is 12.1 Å². The number of alkyl halides is 2. The number of nitrogens with zero attached hydrogens (tertiary/aromatic N) is 1. The number of carbonyl (C=O) groups excluding carboxylic acids is 1. The summed E-state index contributed by atoms with van der Waals surface area (Å²) in [5.74, 6) is 0. The molecular formula is C9H10F2N2O. The van der Waals surface area contributed by atoms with Gasteiger partial charge in [0.1, 0.15) is 5.69 Å². The maximum absolute atomic E-state index is 12.5. The summed E-state index contributed by atoms with van der Waals surface area (Å²) in [5, 5.41) is 0. The Balaban J connectivity index is 3.34. The molecule has 0 spiro atoms. The molecule has 1 heterocycles.